The van der Waals surface area contributed by atoms with Crippen LogP contribution in [-0.2, 0) is 17.1 Å². The van der Waals surface area contributed by atoms with Gasteiger partial charge in [-0.05, 0) is 80.1 Å². The SMILES string of the molecule is C=CCC1(CC=C)CC2C(c3ccc(F)cc3C)N(C(=O)N(C)C(C)c3cc(C(F)(F)F)cc(C(F)(F)F)c3)CCN2C1=O. The first-order chi connectivity index (χ1) is 20.4. The molecule has 44 heavy (non-hydrogen) atoms. The normalized spacial score (nSPS) is 20.7. The van der Waals surface area contributed by atoms with Gasteiger partial charge in [0.2, 0.25) is 5.91 Å². The lowest BCUT2D eigenvalue weighted by Crippen LogP contribution is -2.57. The second-order valence-corrected chi connectivity index (χ2v) is 11.6. The van der Waals surface area contributed by atoms with Crippen molar-refractivity contribution in [2.75, 3.05) is 20.1 Å². The number of hydrogen-bond donors (Lipinski definition) is 0. The van der Waals surface area contributed by atoms with Gasteiger partial charge in [-0.15, -0.1) is 13.2 Å². The van der Waals surface area contributed by atoms with Crippen LogP contribution in [0.1, 0.15) is 66.1 Å². The number of halogens is 7. The van der Waals surface area contributed by atoms with Crippen LogP contribution in [0.4, 0.5) is 35.5 Å². The number of carbonyl (C=O) groups is 2. The predicted molar refractivity (Wildman–Crippen MR) is 151 cm³/mol. The summed E-state index contributed by atoms with van der Waals surface area (Å²) in [6, 6.07) is 2.21. The van der Waals surface area contributed by atoms with Gasteiger partial charge in [0.1, 0.15) is 5.82 Å². The zero-order chi connectivity index (χ0) is 32.8. The van der Waals surface area contributed by atoms with Crippen LogP contribution in [0, 0.1) is 18.2 Å². The Hall–Kier alpha value is -3.83. The number of hydrogen-bond acceptors (Lipinski definition) is 2. The maximum absolute atomic E-state index is 14.1. The molecule has 3 unspecified atom stereocenters. The molecule has 2 aromatic rings. The number of carbonyl (C=O) groups excluding carboxylic acids is 2. The molecule has 0 bridgehead atoms. The molecule has 0 N–H and O–H groups in total. The molecule has 0 radical (unpaired) electrons. The Morgan fingerprint density at radius 3 is 2.09 bits per heavy atom. The van der Waals surface area contributed by atoms with E-state index in [1.165, 1.54) is 37.1 Å². The highest BCUT2D eigenvalue weighted by Crippen LogP contribution is 2.50. The fourth-order valence-electron chi connectivity index (χ4n) is 6.51. The number of urea groups is 1. The first-order valence-corrected chi connectivity index (χ1v) is 14.1. The molecule has 2 fully saturated rings. The molecule has 2 aliphatic heterocycles. The monoisotopic (exact) mass is 625 g/mol. The Balaban J connectivity index is 1.76. The summed E-state index contributed by atoms with van der Waals surface area (Å²) in [4.78, 5) is 32.1. The van der Waals surface area contributed by atoms with Crippen LogP contribution in [0.5, 0.6) is 0 Å². The number of aryl methyl sites for hydroxylation is 1. The van der Waals surface area contributed by atoms with Crippen molar-refractivity contribution < 1.29 is 40.3 Å². The topological polar surface area (TPSA) is 43.9 Å². The maximum atomic E-state index is 14.1. The highest BCUT2D eigenvalue weighted by molar-refractivity contribution is 5.87. The molecular formula is C32H34F7N3O2. The average Bonchev–Trinajstić information content (AvgIpc) is 3.21. The van der Waals surface area contributed by atoms with Crippen molar-refractivity contribution in [3.05, 3.63) is 95.3 Å². The third kappa shape index (κ3) is 6.08. The molecule has 3 atom stereocenters. The molecule has 2 aliphatic rings. The Bertz CT molecular complexity index is 1410. The van der Waals surface area contributed by atoms with Gasteiger partial charge < -0.3 is 14.7 Å². The molecule has 2 aromatic carbocycles. The summed E-state index contributed by atoms with van der Waals surface area (Å²) in [7, 11) is 1.31. The van der Waals surface area contributed by atoms with Crippen molar-refractivity contribution in [1.29, 1.82) is 0 Å². The molecule has 5 nitrogen and oxygen atoms in total. The molecule has 0 aliphatic carbocycles. The van der Waals surface area contributed by atoms with Gasteiger partial charge in [0.05, 0.1) is 34.7 Å². The van der Waals surface area contributed by atoms with Crippen molar-refractivity contribution in [2.24, 2.45) is 5.41 Å². The van der Waals surface area contributed by atoms with Gasteiger partial charge in [0.15, 0.2) is 0 Å². The van der Waals surface area contributed by atoms with Crippen LogP contribution in [0.2, 0.25) is 0 Å². The van der Waals surface area contributed by atoms with Gasteiger partial charge in [-0.3, -0.25) is 4.79 Å². The maximum Gasteiger partial charge on any atom is 0.416 e. The van der Waals surface area contributed by atoms with Crippen LogP contribution < -0.4 is 0 Å². The molecular weight excluding hydrogens is 591 g/mol. The van der Waals surface area contributed by atoms with Crippen LogP contribution in [0.3, 0.4) is 0 Å². The van der Waals surface area contributed by atoms with E-state index in [2.05, 4.69) is 13.2 Å². The number of piperazine rings is 1. The van der Waals surface area contributed by atoms with Gasteiger partial charge in [-0.1, -0.05) is 18.2 Å². The number of rotatable bonds is 7. The second-order valence-electron chi connectivity index (χ2n) is 11.6. The number of benzene rings is 2. The van der Waals surface area contributed by atoms with E-state index in [9.17, 15) is 40.3 Å². The molecule has 3 amide bonds. The van der Waals surface area contributed by atoms with E-state index in [1.807, 2.05) is 0 Å². The predicted octanol–water partition coefficient (Wildman–Crippen LogP) is 8.08. The van der Waals surface area contributed by atoms with E-state index >= 15 is 0 Å². The fourth-order valence-corrected chi connectivity index (χ4v) is 6.51. The first-order valence-electron chi connectivity index (χ1n) is 14.1. The van der Waals surface area contributed by atoms with Crippen molar-refractivity contribution in [1.82, 2.24) is 14.7 Å². The summed E-state index contributed by atoms with van der Waals surface area (Å²) in [5, 5.41) is 0. The van der Waals surface area contributed by atoms with E-state index in [-0.39, 0.29) is 30.6 Å². The minimum atomic E-state index is -5.04. The quantitative estimate of drug-likeness (QED) is 0.231. The van der Waals surface area contributed by atoms with Crippen LogP contribution in [0.15, 0.2) is 61.7 Å². The number of alkyl halides is 6. The average molecular weight is 626 g/mol. The lowest BCUT2D eigenvalue weighted by molar-refractivity contribution is -0.143. The Labute approximate surface area is 251 Å². The van der Waals surface area contributed by atoms with Crippen molar-refractivity contribution in [3.8, 4) is 0 Å². The lowest BCUT2D eigenvalue weighted by Gasteiger charge is -2.47. The Morgan fingerprint density at radius 2 is 1.59 bits per heavy atom. The summed E-state index contributed by atoms with van der Waals surface area (Å²) in [6.45, 7) is 10.8. The third-order valence-corrected chi connectivity index (χ3v) is 8.84. The summed E-state index contributed by atoms with van der Waals surface area (Å²) in [5.74, 6) is -0.618. The van der Waals surface area contributed by atoms with Crippen LogP contribution in [0.25, 0.3) is 0 Å². The van der Waals surface area contributed by atoms with Crippen molar-refractivity contribution in [2.45, 2.75) is 63.6 Å². The van der Waals surface area contributed by atoms with E-state index in [0.29, 0.717) is 42.5 Å². The minimum absolute atomic E-state index is 0.0360. The van der Waals surface area contributed by atoms with Gasteiger partial charge in [0.25, 0.3) is 0 Å². The summed E-state index contributed by atoms with van der Waals surface area (Å²) >= 11 is 0. The van der Waals surface area contributed by atoms with Crippen LogP contribution in [-0.4, -0.2) is 52.8 Å². The van der Waals surface area contributed by atoms with Crippen molar-refractivity contribution >= 4 is 11.9 Å². The van der Waals surface area contributed by atoms with Gasteiger partial charge >= 0.3 is 18.4 Å². The summed E-state index contributed by atoms with van der Waals surface area (Å²) in [5.41, 5.74) is -3.04. The number of nitrogens with zero attached hydrogens (tertiary/aromatic N) is 3. The lowest BCUT2D eigenvalue weighted by atomic mass is 9.76. The third-order valence-electron chi connectivity index (χ3n) is 8.84. The molecule has 2 heterocycles. The summed E-state index contributed by atoms with van der Waals surface area (Å²) < 4.78 is 95.5. The minimum Gasteiger partial charge on any atom is -0.335 e. The molecule has 12 heteroatoms. The van der Waals surface area contributed by atoms with E-state index < -0.39 is 58.9 Å². The fraction of sp³-hybridized carbons (Fsp3) is 0.438. The molecule has 4 rings (SSSR count). The first kappa shape index (κ1) is 33.1. The Kier molecular flexibility index (Phi) is 8.97. The van der Waals surface area contributed by atoms with Crippen LogP contribution >= 0.6 is 0 Å². The Morgan fingerprint density at radius 1 is 1.02 bits per heavy atom. The molecule has 0 aromatic heterocycles. The number of fused-ring (bicyclic) bond motifs is 1. The second kappa shape index (κ2) is 11.9. The van der Waals surface area contributed by atoms with E-state index in [0.717, 1.165) is 4.90 Å². The number of amides is 3. The smallest absolute Gasteiger partial charge is 0.335 e. The largest absolute Gasteiger partial charge is 0.416 e. The van der Waals surface area contributed by atoms with Gasteiger partial charge in [-0.2, -0.15) is 26.3 Å². The molecule has 0 saturated carbocycles. The zero-order valence-electron chi connectivity index (χ0n) is 24.6. The number of allylic oxidation sites excluding steroid dienone is 2. The molecule has 2 saturated heterocycles. The zero-order valence-corrected chi connectivity index (χ0v) is 24.6. The molecule has 238 valence electrons. The summed E-state index contributed by atoms with van der Waals surface area (Å²) in [6.07, 6.45) is -5.72. The van der Waals surface area contributed by atoms with Crippen molar-refractivity contribution in [3.63, 3.8) is 0 Å². The van der Waals surface area contributed by atoms with E-state index in [4.69, 9.17) is 0 Å². The van der Waals surface area contributed by atoms with Gasteiger partial charge in [0, 0.05) is 20.1 Å². The highest BCUT2D eigenvalue weighted by Gasteiger charge is 2.56. The molecule has 0 spiro atoms. The van der Waals surface area contributed by atoms with Gasteiger partial charge in [-0.25, -0.2) is 9.18 Å². The highest BCUT2D eigenvalue weighted by atomic mass is 19.4. The van der Waals surface area contributed by atoms with E-state index in [1.54, 1.807) is 24.0 Å². The standard InChI is InChI=1S/C32H34F7N3O2/c1-6-10-30(11-7-2)18-26-27(25-9-8-24(33)14-19(25)3)42(13-12-41(26)28(30)43)29(44)40(5)20(4)21-15-22(31(34,35)36)17-23(16-21)32(37,38)39/h6-9,14-17,20,26-27H,1-2,10-13,18H2,3-5H3.